The minimum atomic E-state index is -0.660. The number of aryl methyl sites for hydroxylation is 1. The van der Waals surface area contributed by atoms with E-state index in [0.29, 0.717) is 24.6 Å². The molecule has 0 saturated carbocycles. The Labute approximate surface area is 149 Å². The van der Waals surface area contributed by atoms with Crippen LogP contribution in [0.25, 0.3) is 0 Å². The van der Waals surface area contributed by atoms with Gasteiger partial charge in [0.1, 0.15) is 17.6 Å². The molecule has 1 N–H and O–H groups in total. The number of carbonyl (C=O) groups excluding carboxylic acids is 2. The van der Waals surface area contributed by atoms with Gasteiger partial charge in [-0.25, -0.2) is 0 Å². The molecule has 1 aliphatic rings. The molecule has 0 spiro atoms. The molecule has 0 aromatic carbocycles. The van der Waals surface area contributed by atoms with Crippen molar-refractivity contribution >= 4 is 11.7 Å². The number of Topliss-reactive ketones (excluding diaryl/α,β-unsaturated/α-hetero) is 1. The van der Waals surface area contributed by atoms with Crippen LogP contribution in [-0.2, 0) is 9.59 Å². The molecule has 1 aliphatic heterocycles. The van der Waals surface area contributed by atoms with Gasteiger partial charge in [0, 0.05) is 19.0 Å². The third-order valence-electron chi connectivity index (χ3n) is 4.68. The van der Waals surface area contributed by atoms with E-state index in [1.165, 1.54) is 0 Å². The Hall–Kier alpha value is -2.08. The van der Waals surface area contributed by atoms with Crippen LogP contribution in [0, 0.1) is 12.8 Å². The highest BCUT2D eigenvalue weighted by Crippen LogP contribution is 2.39. The van der Waals surface area contributed by atoms with E-state index in [0.717, 1.165) is 13.1 Å². The number of likely N-dealkylation sites (N-methyl/N-ethyl adjacent to an activating group) is 1. The third-order valence-corrected chi connectivity index (χ3v) is 4.68. The van der Waals surface area contributed by atoms with Gasteiger partial charge in [-0.15, -0.1) is 0 Å². The fourth-order valence-corrected chi connectivity index (χ4v) is 3.13. The van der Waals surface area contributed by atoms with Crippen molar-refractivity contribution in [2.24, 2.45) is 5.92 Å². The Bertz CT molecular complexity index is 671. The molecule has 0 aliphatic carbocycles. The van der Waals surface area contributed by atoms with Gasteiger partial charge in [0.15, 0.2) is 11.5 Å². The Balaban J connectivity index is 2.38. The monoisotopic (exact) mass is 348 g/mol. The molecule has 138 valence electrons. The molecule has 6 nitrogen and oxygen atoms in total. The van der Waals surface area contributed by atoms with Crippen molar-refractivity contribution in [3.8, 4) is 0 Å². The quantitative estimate of drug-likeness (QED) is 0.782. The zero-order chi connectivity index (χ0) is 18.7. The van der Waals surface area contributed by atoms with Gasteiger partial charge < -0.3 is 19.3 Å². The summed E-state index contributed by atoms with van der Waals surface area (Å²) in [5.41, 5.74) is 0.147. The molecule has 6 heteroatoms. The number of furan rings is 1. The Morgan fingerprint density at radius 2 is 1.96 bits per heavy atom. The molecule has 1 aromatic heterocycles. The van der Waals surface area contributed by atoms with E-state index in [-0.39, 0.29) is 17.3 Å². The minimum Gasteiger partial charge on any atom is -0.503 e. The topological polar surface area (TPSA) is 74.0 Å². The number of ketones is 1. The lowest BCUT2D eigenvalue weighted by Gasteiger charge is -2.28. The lowest BCUT2D eigenvalue weighted by atomic mass is 9.94. The largest absolute Gasteiger partial charge is 0.503 e. The number of carbonyl (C=O) groups is 2. The molecular formula is C19H28N2O4. The first kappa shape index (κ1) is 19.2. The van der Waals surface area contributed by atoms with E-state index in [1.807, 2.05) is 6.92 Å². The summed E-state index contributed by atoms with van der Waals surface area (Å²) in [4.78, 5) is 29.0. The number of aliphatic hydroxyl groups excluding tert-OH is 1. The van der Waals surface area contributed by atoms with Crippen LogP contribution in [0.2, 0.25) is 0 Å². The fourth-order valence-electron chi connectivity index (χ4n) is 3.13. The number of nitrogens with zero attached hydrogens (tertiary/aromatic N) is 2. The van der Waals surface area contributed by atoms with Gasteiger partial charge in [-0.2, -0.15) is 0 Å². The van der Waals surface area contributed by atoms with Gasteiger partial charge >= 0.3 is 0 Å². The molecular weight excluding hydrogens is 320 g/mol. The van der Waals surface area contributed by atoms with Crippen LogP contribution >= 0.6 is 0 Å². The van der Waals surface area contributed by atoms with Gasteiger partial charge in [0.25, 0.3) is 5.91 Å². The van der Waals surface area contributed by atoms with Gasteiger partial charge in [-0.1, -0.05) is 27.7 Å². The van der Waals surface area contributed by atoms with E-state index in [9.17, 15) is 14.7 Å². The highest BCUT2D eigenvalue weighted by atomic mass is 16.3. The first-order chi connectivity index (χ1) is 11.8. The van der Waals surface area contributed by atoms with E-state index in [4.69, 9.17) is 4.42 Å². The molecule has 1 unspecified atom stereocenters. The number of rotatable bonds is 8. The fraction of sp³-hybridized carbons (Fsp3) is 0.579. The zero-order valence-corrected chi connectivity index (χ0v) is 15.7. The van der Waals surface area contributed by atoms with Crippen molar-refractivity contribution in [3.05, 3.63) is 35.0 Å². The van der Waals surface area contributed by atoms with Gasteiger partial charge in [-0.05, 0) is 32.1 Å². The maximum atomic E-state index is 12.6. The Kier molecular flexibility index (Phi) is 6.06. The number of amides is 1. The molecule has 2 rings (SSSR count). The maximum Gasteiger partial charge on any atom is 0.290 e. The Morgan fingerprint density at radius 1 is 1.32 bits per heavy atom. The molecule has 0 radical (unpaired) electrons. The first-order valence-electron chi connectivity index (χ1n) is 8.88. The Morgan fingerprint density at radius 3 is 2.44 bits per heavy atom. The van der Waals surface area contributed by atoms with Gasteiger partial charge in [-0.3, -0.25) is 9.59 Å². The third kappa shape index (κ3) is 3.79. The van der Waals surface area contributed by atoms with Gasteiger partial charge in [0.2, 0.25) is 0 Å². The van der Waals surface area contributed by atoms with Crippen molar-refractivity contribution < 1.29 is 19.1 Å². The van der Waals surface area contributed by atoms with E-state index in [1.54, 1.807) is 30.9 Å². The van der Waals surface area contributed by atoms with Crippen LogP contribution < -0.4 is 0 Å². The van der Waals surface area contributed by atoms with Crippen LogP contribution in [0.4, 0.5) is 0 Å². The minimum absolute atomic E-state index is 0.147. The van der Waals surface area contributed by atoms with Crippen LogP contribution in [0.5, 0.6) is 0 Å². The molecule has 2 heterocycles. The highest BCUT2D eigenvalue weighted by Gasteiger charge is 2.45. The summed E-state index contributed by atoms with van der Waals surface area (Å²) in [6, 6.07) is 2.91. The van der Waals surface area contributed by atoms with Gasteiger partial charge in [0.05, 0.1) is 5.57 Å². The van der Waals surface area contributed by atoms with Crippen molar-refractivity contribution in [3.63, 3.8) is 0 Å². The summed E-state index contributed by atoms with van der Waals surface area (Å²) in [5, 5.41) is 10.4. The van der Waals surface area contributed by atoms with Crippen LogP contribution in [-0.4, -0.2) is 52.8 Å². The molecule has 1 amide bonds. The van der Waals surface area contributed by atoms with E-state index in [2.05, 4.69) is 18.7 Å². The number of aliphatic hydroxyl groups is 1. The van der Waals surface area contributed by atoms with Crippen molar-refractivity contribution in [2.45, 2.75) is 40.7 Å². The summed E-state index contributed by atoms with van der Waals surface area (Å²) < 4.78 is 5.71. The molecule has 0 bridgehead atoms. The van der Waals surface area contributed by atoms with Crippen LogP contribution in [0.1, 0.15) is 45.3 Å². The summed E-state index contributed by atoms with van der Waals surface area (Å²) in [6.45, 7) is 12.3. The number of hydrogen-bond acceptors (Lipinski definition) is 5. The predicted octanol–water partition coefficient (Wildman–Crippen LogP) is 2.85. The summed E-state index contributed by atoms with van der Waals surface area (Å²) in [7, 11) is 0. The summed E-state index contributed by atoms with van der Waals surface area (Å²) in [6.07, 6.45) is 0. The maximum absolute atomic E-state index is 12.6. The molecule has 1 aromatic rings. The highest BCUT2D eigenvalue weighted by molar-refractivity contribution is 6.09. The molecule has 0 saturated heterocycles. The second kappa shape index (κ2) is 7.87. The predicted molar refractivity (Wildman–Crippen MR) is 95.2 cm³/mol. The van der Waals surface area contributed by atoms with E-state index >= 15 is 0 Å². The lowest BCUT2D eigenvalue weighted by Crippen LogP contribution is -2.38. The standard InChI is InChI=1S/C19H28N2O4/c1-6-20(7-2)10-11-21-16(14-9-8-13(5)25-14)15(17(22)12(3)4)18(23)19(21)24/h8-9,12,16,23H,6-7,10-11H2,1-5H3. The normalized spacial score (nSPS) is 18.1. The van der Waals surface area contributed by atoms with Crippen molar-refractivity contribution in [1.82, 2.24) is 9.80 Å². The lowest BCUT2D eigenvalue weighted by molar-refractivity contribution is -0.129. The first-order valence-corrected chi connectivity index (χ1v) is 8.88. The number of hydrogen-bond donors (Lipinski definition) is 1. The zero-order valence-electron chi connectivity index (χ0n) is 15.7. The van der Waals surface area contributed by atoms with Crippen molar-refractivity contribution in [1.29, 1.82) is 0 Å². The second-order valence-electron chi connectivity index (χ2n) is 6.66. The molecule has 1 atom stereocenters. The van der Waals surface area contributed by atoms with Crippen LogP contribution in [0.15, 0.2) is 27.9 Å². The average molecular weight is 348 g/mol. The smallest absolute Gasteiger partial charge is 0.290 e. The summed E-state index contributed by atoms with van der Waals surface area (Å²) in [5.74, 6) is -0.277. The summed E-state index contributed by atoms with van der Waals surface area (Å²) >= 11 is 0. The molecule has 25 heavy (non-hydrogen) atoms. The molecule has 0 fully saturated rings. The SMILES string of the molecule is CCN(CC)CCN1C(=O)C(O)=C(C(=O)C(C)C)C1c1ccc(C)o1. The van der Waals surface area contributed by atoms with Crippen LogP contribution in [0.3, 0.4) is 0 Å². The second-order valence-corrected chi connectivity index (χ2v) is 6.66. The van der Waals surface area contributed by atoms with E-state index < -0.39 is 17.7 Å². The van der Waals surface area contributed by atoms with Crippen molar-refractivity contribution in [2.75, 3.05) is 26.2 Å². The average Bonchev–Trinajstić information content (AvgIpc) is 3.11.